The Hall–Kier alpha value is -3.56. The van der Waals surface area contributed by atoms with Gasteiger partial charge in [0.25, 0.3) is 5.56 Å². The number of carbonyl (C=O) groups excluding carboxylic acids is 1. The molecule has 9 heteroatoms. The van der Waals surface area contributed by atoms with Gasteiger partial charge in [-0.25, -0.2) is 9.97 Å². The third-order valence-electron chi connectivity index (χ3n) is 6.15. The topological polar surface area (TPSA) is 74.6 Å². The number of rotatable bonds is 6. The number of fused-ring (bicyclic) bond motifs is 1. The molecule has 0 N–H and O–H groups in total. The van der Waals surface area contributed by atoms with Crippen molar-refractivity contribution in [2.45, 2.75) is 13.1 Å². The second-order valence-corrected chi connectivity index (χ2v) is 10.0. The molecule has 4 aromatic rings. The zero-order chi connectivity index (χ0) is 24.4. The summed E-state index contributed by atoms with van der Waals surface area (Å²) in [6, 6.07) is 16.0. The quantitative estimate of drug-likeness (QED) is 0.416. The van der Waals surface area contributed by atoms with E-state index in [-0.39, 0.29) is 18.0 Å². The smallest absolute Gasteiger partial charge is 0.262 e. The van der Waals surface area contributed by atoms with Gasteiger partial charge in [-0.15, -0.1) is 11.3 Å². The van der Waals surface area contributed by atoms with Gasteiger partial charge in [0.15, 0.2) is 0 Å². The van der Waals surface area contributed by atoms with Crippen LogP contribution in [0.15, 0.2) is 65.8 Å². The summed E-state index contributed by atoms with van der Waals surface area (Å²) < 4.78 is 1.42. The molecule has 5 rings (SSSR count). The summed E-state index contributed by atoms with van der Waals surface area (Å²) in [5, 5.41) is 0.553. The molecule has 0 saturated carbocycles. The summed E-state index contributed by atoms with van der Waals surface area (Å²) >= 11 is 1.49. The zero-order valence-corrected chi connectivity index (χ0v) is 20.7. The van der Waals surface area contributed by atoms with Crippen molar-refractivity contribution in [3.8, 4) is 10.4 Å². The number of anilines is 1. The first-order valence-corrected chi connectivity index (χ1v) is 12.5. The van der Waals surface area contributed by atoms with Crippen LogP contribution in [0.1, 0.15) is 5.56 Å². The molecule has 0 bridgehead atoms. The lowest BCUT2D eigenvalue weighted by Gasteiger charge is -2.35. The SMILES string of the molecule is CN(C)Cc1ccc(N2CCN(C(=O)Cn3cnc4sc(-c5ccccc5)cc4c3=O)CC2)nc1. The van der Waals surface area contributed by atoms with Gasteiger partial charge in [0, 0.05) is 43.8 Å². The number of nitrogens with zero attached hydrogens (tertiary/aromatic N) is 6. The largest absolute Gasteiger partial charge is 0.353 e. The maximum atomic E-state index is 13.1. The van der Waals surface area contributed by atoms with E-state index in [1.54, 1.807) is 0 Å². The minimum absolute atomic E-state index is 0.00419. The first-order chi connectivity index (χ1) is 17.0. The number of thiophene rings is 1. The number of benzene rings is 1. The average Bonchev–Trinajstić information content (AvgIpc) is 3.32. The summed E-state index contributed by atoms with van der Waals surface area (Å²) in [7, 11) is 4.07. The Morgan fingerprint density at radius 3 is 2.49 bits per heavy atom. The minimum Gasteiger partial charge on any atom is -0.353 e. The van der Waals surface area contributed by atoms with Crippen LogP contribution in [0.5, 0.6) is 0 Å². The van der Waals surface area contributed by atoms with Crippen LogP contribution >= 0.6 is 11.3 Å². The highest BCUT2D eigenvalue weighted by Crippen LogP contribution is 2.30. The monoisotopic (exact) mass is 488 g/mol. The van der Waals surface area contributed by atoms with Crippen LogP contribution in [0.2, 0.25) is 0 Å². The molecule has 180 valence electrons. The molecule has 0 aliphatic carbocycles. The Labute approximate surface area is 208 Å². The number of piperazine rings is 1. The Balaban J connectivity index is 1.23. The van der Waals surface area contributed by atoms with Crippen molar-refractivity contribution < 1.29 is 4.79 Å². The van der Waals surface area contributed by atoms with Gasteiger partial charge in [0.1, 0.15) is 17.2 Å². The van der Waals surface area contributed by atoms with E-state index in [0.717, 1.165) is 22.8 Å². The van der Waals surface area contributed by atoms with Crippen LogP contribution in [0, 0.1) is 0 Å². The second kappa shape index (κ2) is 9.97. The first kappa shape index (κ1) is 23.2. The van der Waals surface area contributed by atoms with E-state index in [1.807, 2.05) is 67.7 Å². The molecule has 8 nitrogen and oxygen atoms in total. The fraction of sp³-hybridized carbons (Fsp3) is 0.308. The minimum atomic E-state index is -0.178. The Morgan fingerprint density at radius 1 is 1.03 bits per heavy atom. The summed E-state index contributed by atoms with van der Waals surface area (Å²) in [6.45, 7) is 3.47. The van der Waals surface area contributed by atoms with Crippen molar-refractivity contribution in [2.75, 3.05) is 45.2 Å². The molecule has 1 aromatic carbocycles. The molecule has 0 unspecified atom stereocenters. The van der Waals surface area contributed by atoms with Crippen LogP contribution in [-0.4, -0.2) is 70.5 Å². The van der Waals surface area contributed by atoms with E-state index in [4.69, 9.17) is 0 Å². The van der Waals surface area contributed by atoms with Gasteiger partial charge in [0.2, 0.25) is 5.91 Å². The fourth-order valence-electron chi connectivity index (χ4n) is 4.31. The van der Waals surface area contributed by atoms with Gasteiger partial charge in [-0.1, -0.05) is 36.4 Å². The lowest BCUT2D eigenvalue weighted by atomic mass is 10.2. The van der Waals surface area contributed by atoms with Gasteiger partial charge < -0.3 is 14.7 Å². The maximum absolute atomic E-state index is 13.1. The van der Waals surface area contributed by atoms with Crippen LogP contribution < -0.4 is 10.5 Å². The van der Waals surface area contributed by atoms with Crippen molar-refractivity contribution in [2.24, 2.45) is 0 Å². The van der Waals surface area contributed by atoms with Crippen molar-refractivity contribution in [1.82, 2.24) is 24.3 Å². The molecular weight excluding hydrogens is 460 g/mol. The van der Waals surface area contributed by atoms with E-state index in [0.29, 0.717) is 36.4 Å². The zero-order valence-electron chi connectivity index (χ0n) is 19.9. The summed E-state index contributed by atoms with van der Waals surface area (Å²) in [5.41, 5.74) is 2.05. The van der Waals surface area contributed by atoms with E-state index >= 15 is 0 Å². The van der Waals surface area contributed by atoms with Crippen molar-refractivity contribution >= 4 is 33.3 Å². The molecule has 1 aliphatic rings. The summed E-state index contributed by atoms with van der Waals surface area (Å²) in [6.07, 6.45) is 3.40. The standard InChI is InChI=1S/C26H28N6O2S/c1-29(2)16-19-8-9-23(27-15-19)30-10-12-31(13-11-30)24(33)17-32-18-28-25-21(26(32)34)14-22(35-25)20-6-4-3-5-7-20/h3-9,14-15,18H,10-13,16-17H2,1-2H3. The molecule has 4 heterocycles. The predicted octanol–water partition coefficient (Wildman–Crippen LogP) is 2.93. The van der Waals surface area contributed by atoms with E-state index in [1.165, 1.54) is 27.8 Å². The maximum Gasteiger partial charge on any atom is 0.262 e. The average molecular weight is 489 g/mol. The number of hydrogen-bond acceptors (Lipinski definition) is 7. The number of hydrogen-bond donors (Lipinski definition) is 0. The van der Waals surface area contributed by atoms with Crippen LogP contribution in [0.3, 0.4) is 0 Å². The number of carbonyl (C=O) groups is 1. The van der Waals surface area contributed by atoms with Gasteiger partial charge in [0.05, 0.1) is 11.7 Å². The number of aromatic nitrogens is 3. The highest BCUT2D eigenvalue weighted by atomic mass is 32.1. The van der Waals surface area contributed by atoms with E-state index in [2.05, 4.69) is 25.8 Å². The molecular formula is C26H28N6O2S. The number of amides is 1. The predicted molar refractivity (Wildman–Crippen MR) is 140 cm³/mol. The van der Waals surface area contributed by atoms with Crippen LogP contribution in [-0.2, 0) is 17.9 Å². The van der Waals surface area contributed by atoms with Crippen molar-refractivity contribution in [3.63, 3.8) is 0 Å². The third kappa shape index (κ3) is 5.11. The van der Waals surface area contributed by atoms with E-state index in [9.17, 15) is 9.59 Å². The summed E-state index contributed by atoms with van der Waals surface area (Å²) in [5.74, 6) is 0.859. The summed E-state index contributed by atoms with van der Waals surface area (Å²) in [4.78, 5) is 42.9. The molecule has 1 amide bonds. The van der Waals surface area contributed by atoms with Gasteiger partial charge in [-0.3, -0.25) is 14.2 Å². The normalized spacial score (nSPS) is 14.1. The molecule has 1 saturated heterocycles. The fourth-order valence-corrected chi connectivity index (χ4v) is 5.31. The van der Waals surface area contributed by atoms with Crippen LogP contribution in [0.25, 0.3) is 20.7 Å². The molecule has 35 heavy (non-hydrogen) atoms. The molecule has 0 atom stereocenters. The van der Waals surface area contributed by atoms with E-state index < -0.39 is 0 Å². The van der Waals surface area contributed by atoms with Crippen LogP contribution in [0.4, 0.5) is 5.82 Å². The lowest BCUT2D eigenvalue weighted by Crippen LogP contribution is -2.50. The number of pyridine rings is 1. The molecule has 0 radical (unpaired) electrons. The first-order valence-electron chi connectivity index (χ1n) is 11.6. The molecule has 1 fully saturated rings. The molecule has 1 aliphatic heterocycles. The van der Waals surface area contributed by atoms with Gasteiger partial charge >= 0.3 is 0 Å². The Morgan fingerprint density at radius 2 is 1.80 bits per heavy atom. The lowest BCUT2D eigenvalue weighted by molar-refractivity contribution is -0.132. The van der Waals surface area contributed by atoms with Gasteiger partial charge in [-0.05, 0) is 37.4 Å². The molecule has 3 aromatic heterocycles. The Bertz CT molecular complexity index is 1370. The highest BCUT2D eigenvalue weighted by molar-refractivity contribution is 7.21. The molecule has 0 spiro atoms. The van der Waals surface area contributed by atoms with Crippen molar-refractivity contribution in [1.29, 1.82) is 0 Å². The van der Waals surface area contributed by atoms with Crippen molar-refractivity contribution in [3.05, 3.63) is 77.0 Å². The van der Waals surface area contributed by atoms with Gasteiger partial charge in [-0.2, -0.15) is 0 Å². The highest BCUT2D eigenvalue weighted by Gasteiger charge is 2.23. The Kier molecular flexibility index (Phi) is 6.61. The third-order valence-corrected chi connectivity index (χ3v) is 7.24. The second-order valence-electron chi connectivity index (χ2n) is 9.00.